The van der Waals surface area contributed by atoms with E-state index in [1.165, 1.54) is 11.3 Å². The number of halogens is 1. The third-order valence-corrected chi connectivity index (χ3v) is 5.37. The number of aromatic nitrogens is 1. The number of ether oxygens (including phenoxy) is 3. The number of carbonyl (C=O) groups excluding carboxylic acids is 1. The van der Waals surface area contributed by atoms with Gasteiger partial charge < -0.3 is 19.5 Å². The Kier molecular flexibility index (Phi) is 5.67. The van der Waals surface area contributed by atoms with Gasteiger partial charge in [-0.15, -0.1) is 23.7 Å². The number of piperidine rings is 1. The molecule has 0 radical (unpaired) electrons. The lowest BCUT2D eigenvalue weighted by atomic mass is 9.91. The normalized spacial score (nSPS) is 17.4. The number of anilines is 1. The molecule has 0 saturated carbocycles. The lowest BCUT2D eigenvalue weighted by Gasteiger charge is -2.34. The molecule has 2 N–H and O–H groups in total. The van der Waals surface area contributed by atoms with Gasteiger partial charge in [-0.3, -0.25) is 10.1 Å². The van der Waals surface area contributed by atoms with Crippen LogP contribution in [0.4, 0.5) is 5.13 Å². The van der Waals surface area contributed by atoms with E-state index in [-0.39, 0.29) is 25.1 Å². The predicted molar refractivity (Wildman–Crippen MR) is 101 cm³/mol. The molecule has 9 heteroatoms. The minimum absolute atomic E-state index is 0. The highest BCUT2D eigenvalue weighted by atomic mass is 35.5. The molecule has 4 rings (SSSR count). The van der Waals surface area contributed by atoms with E-state index in [1.807, 2.05) is 23.6 Å². The second-order valence-corrected chi connectivity index (χ2v) is 6.87. The summed E-state index contributed by atoms with van der Waals surface area (Å²) in [6.45, 7) is 1.77. The van der Waals surface area contributed by atoms with Gasteiger partial charge in [0.15, 0.2) is 16.6 Å². The molecule has 7 nitrogen and oxygen atoms in total. The first-order valence-corrected chi connectivity index (χ1v) is 9.01. The van der Waals surface area contributed by atoms with Crippen LogP contribution < -0.4 is 20.1 Å². The van der Waals surface area contributed by atoms with Gasteiger partial charge in [0.25, 0.3) is 5.91 Å². The number of methoxy groups -OCH3 is 1. The van der Waals surface area contributed by atoms with Gasteiger partial charge in [0.2, 0.25) is 6.79 Å². The zero-order valence-corrected chi connectivity index (χ0v) is 15.9. The van der Waals surface area contributed by atoms with E-state index < -0.39 is 5.60 Å². The Hall–Kier alpha value is -1.87. The lowest BCUT2D eigenvalue weighted by Crippen LogP contribution is -2.51. The summed E-state index contributed by atoms with van der Waals surface area (Å²) in [7, 11) is 1.59. The van der Waals surface area contributed by atoms with Crippen LogP contribution in [0.2, 0.25) is 0 Å². The van der Waals surface area contributed by atoms with Crippen LogP contribution in [0.15, 0.2) is 23.6 Å². The fourth-order valence-corrected chi connectivity index (χ4v) is 3.80. The Morgan fingerprint density at radius 1 is 1.31 bits per heavy atom. The zero-order valence-electron chi connectivity index (χ0n) is 14.2. The molecular formula is C17H20ClN3O4S. The molecule has 0 unspecified atom stereocenters. The van der Waals surface area contributed by atoms with Crippen LogP contribution >= 0.6 is 23.7 Å². The van der Waals surface area contributed by atoms with Gasteiger partial charge in [-0.25, -0.2) is 4.98 Å². The Morgan fingerprint density at radius 2 is 2.08 bits per heavy atom. The standard InChI is InChI=1S/C17H19N3O4S.ClH/c1-22-17(4-6-18-7-5-17)15(21)20-16-19-12(9-25-16)11-2-3-13-14(8-11)24-10-23-13;/h2-3,8-9,18H,4-7,10H2,1H3,(H,19,20,21);1H. The van der Waals surface area contributed by atoms with Crippen LogP contribution in [-0.2, 0) is 9.53 Å². The van der Waals surface area contributed by atoms with Crippen molar-refractivity contribution in [3.63, 3.8) is 0 Å². The summed E-state index contributed by atoms with van der Waals surface area (Å²) in [5.41, 5.74) is 0.926. The number of rotatable bonds is 4. The van der Waals surface area contributed by atoms with Gasteiger partial charge in [0.1, 0.15) is 5.60 Å². The van der Waals surface area contributed by atoms with Crippen molar-refractivity contribution >= 4 is 34.8 Å². The van der Waals surface area contributed by atoms with E-state index in [1.54, 1.807) is 7.11 Å². The molecule has 1 aromatic heterocycles. The summed E-state index contributed by atoms with van der Waals surface area (Å²) in [5, 5.41) is 8.62. The van der Waals surface area contributed by atoms with E-state index in [4.69, 9.17) is 14.2 Å². The number of thiazole rings is 1. The number of amides is 1. The van der Waals surface area contributed by atoms with Gasteiger partial charge in [0.05, 0.1) is 5.69 Å². The molecule has 3 heterocycles. The van der Waals surface area contributed by atoms with Gasteiger partial charge >= 0.3 is 0 Å². The first-order chi connectivity index (χ1) is 12.2. The fraction of sp³-hybridized carbons (Fsp3) is 0.412. The molecule has 0 spiro atoms. The van der Waals surface area contributed by atoms with Crippen LogP contribution in [0.3, 0.4) is 0 Å². The van der Waals surface area contributed by atoms with E-state index in [9.17, 15) is 4.79 Å². The predicted octanol–water partition coefficient (Wildman–Crippen LogP) is 2.67. The molecule has 1 fully saturated rings. The Morgan fingerprint density at radius 3 is 2.85 bits per heavy atom. The minimum Gasteiger partial charge on any atom is -0.454 e. The maximum Gasteiger partial charge on any atom is 0.258 e. The molecule has 1 saturated heterocycles. The number of benzene rings is 1. The summed E-state index contributed by atoms with van der Waals surface area (Å²) < 4.78 is 16.3. The van der Waals surface area contributed by atoms with Crippen LogP contribution in [0.25, 0.3) is 11.3 Å². The van der Waals surface area contributed by atoms with Crippen molar-refractivity contribution in [1.82, 2.24) is 10.3 Å². The molecule has 2 aliphatic heterocycles. The molecule has 1 amide bonds. The highest BCUT2D eigenvalue weighted by Gasteiger charge is 2.40. The largest absolute Gasteiger partial charge is 0.454 e. The molecule has 0 aliphatic carbocycles. The lowest BCUT2D eigenvalue weighted by molar-refractivity contribution is -0.140. The van der Waals surface area contributed by atoms with Crippen molar-refractivity contribution < 1.29 is 19.0 Å². The van der Waals surface area contributed by atoms with Crippen molar-refractivity contribution in [2.24, 2.45) is 0 Å². The van der Waals surface area contributed by atoms with Crippen LogP contribution in [0.1, 0.15) is 12.8 Å². The number of fused-ring (bicyclic) bond motifs is 1. The second-order valence-electron chi connectivity index (χ2n) is 6.01. The Labute approximate surface area is 161 Å². The number of nitrogens with zero attached hydrogens (tertiary/aromatic N) is 1. The van der Waals surface area contributed by atoms with E-state index in [0.717, 1.165) is 30.1 Å². The fourth-order valence-electron chi connectivity index (χ4n) is 3.09. The van der Waals surface area contributed by atoms with Crippen molar-refractivity contribution in [2.45, 2.75) is 18.4 Å². The molecule has 2 aromatic rings. The maximum atomic E-state index is 12.7. The monoisotopic (exact) mass is 397 g/mol. The molecule has 0 atom stereocenters. The maximum absolute atomic E-state index is 12.7. The van der Waals surface area contributed by atoms with Gasteiger partial charge in [-0.05, 0) is 44.1 Å². The van der Waals surface area contributed by atoms with Gasteiger partial charge in [0, 0.05) is 18.1 Å². The van der Waals surface area contributed by atoms with Gasteiger partial charge in [-0.2, -0.15) is 0 Å². The average Bonchev–Trinajstić information content (AvgIpc) is 3.30. The summed E-state index contributed by atoms with van der Waals surface area (Å²) >= 11 is 1.39. The quantitative estimate of drug-likeness (QED) is 0.825. The van der Waals surface area contributed by atoms with Crippen molar-refractivity contribution in [1.29, 1.82) is 0 Å². The third kappa shape index (κ3) is 3.50. The van der Waals surface area contributed by atoms with Gasteiger partial charge in [-0.1, -0.05) is 0 Å². The summed E-state index contributed by atoms with van der Waals surface area (Å²) in [6.07, 6.45) is 1.30. The molecule has 0 bridgehead atoms. The van der Waals surface area contributed by atoms with Crippen molar-refractivity contribution in [2.75, 3.05) is 32.3 Å². The molecule has 140 valence electrons. The molecule has 26 heavy (non-hydrogen) atoms. The Balaban J connectivity index is 0.00000196. The zero-order chi connectivity index (χ0) is 17.3. The van der Waals surface area contributed by atoms with Crippen molar-refractivity contribution in [3.05, 3.63) is 23.6 Å². The first-order valence-electron chi connectivity index (χ1n) is 8.13. The van der Waals surface area contributed by atoms with E-state index in [2.05, 4.69) is 15.6 Å². The summed E-state index contributed by atoms with van der Waals surface area (Å²) in [5.74, 6) is 1.31. The summed E-state index contributed by atoms with van der Waals surface area (Å²) in [6, 6.07) is 5.69. The SMILES string of the molecule is COC1(C(=O)Nc2nc(-c3ccc4c(c3)OCO4)cs2)CCNCC1.Cl. The minimum atomic E-state index is -0.782. The van der Waals surface area contributed by atoms with Crippen LogP contribution in [0.5, 0.6) is 11.5 Å². The molecule has 1 aromatic carbocycles. The number of hydrogen-bond acceptors (Lipinski definition) is 7. The second kappa shape index (κ2) is 7.79. The molecule has 2 aliphatic rings. The summed E-state index contributed by atoms with van der Waals surface area (Å²) in [4.78, 5) is 17.2. The van der Waals surface area contributed by atoms with Crippen LogP contribution in [0, 0.1) is 0 Å². The third-order valence-electron chi connectivity index (χ3n) is 4.61. The highest BCUT2D eigenvalue weighted by Crippen LogP contribution is 2.36. The average molecular weight is 398 g/mol. The van der Waals surface area contributed by atoms with Crippen LogP contribution in [-0.4, -0.2) is 43.5 Å². The number of nitrogens with one attached hydrogen (secondary N) is 2. The number of hydrogen-bond donors (Lipinski definition) is 2. The Bertz CT molecular complexity index is 792. The van der Waals surface area contributed by atoms with Crippen molar-refractivity contribution in [3.8, 4) is 22.8 Å². The highest BCUT2D eigenvalue weighted by molar-refractivity contribution is 7.14. The topological polar surface area (TPSA) is 81.7 Å². The first kappa shape index (κ1) is 18.9. The van der Waals surface area contributed by atoms with E-state index >= 15 is 0 Å². The van der Waals surface area contributed by atoms with E-state index in [0.29, 0.717) is 23.7 Å². The smallest absolute Gasteiger partial charge is 0.258 e. The molecular weight excluding hydrogens is 378 g/mol. The number of carbonyl (C=O) groups is 1.